The van der Waals surface area contributed by atoms with E-state index in [1.54, 1.807) is 7.11 Å². The van der Waals surface area contributed by atoms with Crippen LogP contribution in [0, 0.1) is 0 Å². The molecule has 0 amide bonds. The van der Waals surface area contributed by atoms with Gasteiger partial charge in [-0.2, -0.15) is 0 Å². The third-order valence-electron chi connectivity index (χ3n) is 3.59. The molecule has 0 atom stereocenters. The molecule has 2 aromatic rings. The molecule has 2 rings (SSSR count). The third-order valence-corrected chi connectivity index (χ3v) is 3.59. The lowest BCUT2D eigenvalue weighted by molar-refractivity contribution is 0.415. The summed E-state index contributed by atoms with van der Waals surface area (Å²) in [7, 11) is 3.81. The van der Waals surface area contributed by atoms with Crippen LogP contribution in [0.4, 0.5) is 5.69 Å². The molecule has 1 N–H and O–H groups in total. The molecule has 3 nitrogen and oxygen atoms in total. The fourth-order valence-electron chi connectivity index (χ4n) is 2.43. The maximum atomic E-state index is 5.45. The molecular weight excluding hydrogens is 260 g/mol. The SMILES string of the molecule is CCNCc1ccccc1CN(C)c1ccccc1OC. The largest absolute Gasteiger partial charge is 0.495 e. The average Bonchev–Trinajstić information content (AvgIpc) is 2.54. The molecule has 3 heteroatoms. The Kier molecular flexibility index (Phi) is 5.64. The summed E-state index contributed by atoms with van der Waals surface area (Å²) in [5.74, 6) is 0.907. The summed E-state index contributed by atoms with van der Waals surface area (Å²) in [5.41, 5.74) is 3.80. The van der Waals surface area contributed by atoms with Crippen molar-refractivity contribution in [3.63, 3.8) is 0 Å². The van der Waals surface area contributed by atoms with Crippen molar-refractivity contribution in [2.75, 3.05) is 25.6 Å². The van der Waals surface area contributed by atoms with Crippen molar-refractivity contribution in [3.8, 4) is 5.75 Å². The zero-order valence-electron chi connectivity index (χ0n) is 13.1. The zero-order chi connectivity index (χ0) is 15.1. The summed E-state index contributed by atoms with van der Waals surface area (Å²) in [6.07, 6.45) is 0. The first kappa shape index (κ1) is 15.4. The number of hydrogen-bond donors (Lipinski definition) is 1. The van der Waals surface area contributed by atoms with Gasteiger partial charge in [0, 0.05) is 20.1 Å². The molecule has 0 saturated heterocycles. The predicted octanol–water partition coefficient (Wildman–Crippen LogP) is 3.44. The van der Waals surface area contributed by atoms with Gasteiger partial charge in [-0.25, -0.2) is 0 Å². The van der Waals surface area contributed by atoms with Gasteiger partial charge in [0.05, 0.1) is 12.8 Å². The highest BCUT2D eigenvalue weighted by Crippen LogP contribution is 2.28. The van der Waals surface area contributed by atoms with Crippen molar-refractivity contribution in [1.82, 2.24) is 5.32 Å². The highest BCUT2D eigenvalue weighted by atomic mass is 16.5. The van der Waals surface area contributed by atoms with Crippen molar-refractivity contribution in [2.45, 2.75) is 20.0 Å². The van der Waals surface area contributed by atoms with Gasteiger partial charge < -0.3 is 15.0 Å². The fourth-order valence-corrected chi connectivity index (χ4v) is 2.43. The Morgan fingerprint density at radius 2 is 1.67 bits per heavy atom. The van der Waals surface area contributed by atoms with E-state index in [1.165, 1.54) is 11.1 Å². The summed E-state index contributed by atoms with van der Waals surface area (Å²) in [6.45, 7) is 4.88. The maximum Gasteiger partial charge on any atom is 0.142 e. The number of hydrogen-bond acceptors (Lipinski definition) is 3. The Hall–Kier alpha value is -2.00. The second-order valence-electron chi connectivity index (χ2n) is 5.08. The van der Waals surface area contributed by atoms with Crippen LogP contribution in [-0.2, 0) is 13.1 Å². The van der Waals surface area contributed by atoms with Gasteiger partial charge in [0.15, 0.2) is 0 Å². The number of methoxy groups -OCH3 is 1. The summed E-state index contributed by atoms with van der Waals surface area (Å²) in [6, 6.07) is 16.7. The molecule has 0 aliphatic heterocycles. The molecule has 0 unspecified atom stereocenters. The van der Waals surface area contributed by atoms with Gasteiger partial charge in [-0.1, -0.05) is 43.3 Å². The Balaban J connectivity index is 2.17. The van der Waals surface area contributed by atoms with E-state index in [-0.39, 0.29) is 0 Å². The Bertz CT molecular complexity index is 569. The molecule has 0 aliphatic rings. The number of nitrogens with one attached hydrogen (secondary N) is 1. The lowest BCUT2D eigenvalue weighted by Gasteiger charge is -2.23. The first-order chi connectivity index (χ1) is 10.3. The van der Waals surface area contributed by atoms with Crippen molar-refractivity contribution in [2.24, 2.45) is 0 Å². The molecule has 112 valence electrons. The molecule has 0 aromatic heterocycles. The summed E-state index contributed by atoms with van der Waals surface area (Å²) >= 11 is 0. The quantitative estimate of drug-likeness (QED) is 0.843. The van der Waals surface area contributed by atoms with Crippen molar-refractivity contribution >= 4 is 5.69 Å². The van der Waals surface area contributed by atoms with Crippen LogP contribution in [0.3, 0.4) is 0 Å². The van der Waals surface area contributed by atoms with E-state index < -0.39 is 0 Å². The van der Waals surface area contributed by atoms with Crippen LogP contribution in [0.1, 0.15) is 18.1 Å². The van der Waals surface area contributed by atoms with Crippen LogP contribution in [0.2, 0.25) is 0 Å². The van der Waals surface area contributed by atoms with Crippen molar-refractivity contribution in [3.05, 3.63) is 59.7 Å². The van der Waals surface area contributed by atoms with Crippen molar-refractivity contribution in [1.29, 1.82) is 0 Å². The summed E-state index contributed by atoms with van der Waals surface area (Å²) < 4.78 is 5.45. The van der Waals surface area contributed by atoms with Crippen LogP contribution in [-0.4, -0.2) is 20.7 Å². The maximum absolute atomic E-state index is 5.45. The number of rotatable bonds is 7. The normalized spacial score (nSPS) is 10.4. The van der Waals surface area contributed by atoms with Crippen LogP contribution in [0.25, 0.3) is 0 Å². The first-order valence-corrected chi connectivity index (χ1v) is 7.38. The third kappa shape index (κ3) is 3.99. The standard InChI is InChI=1S/C18H24N2O/c1-4-19-13-15-9-5-6-10-16(15)14-20(2)17-11-7-8-12-18(17)21-3/h5-12,19H,4,13-14H2,1-3H3. The van der Waals surface area contributed by atoms with E-state index in [0.29, 0.717) is 0 Å². The van der Waals surface area contributed by atoms with Crippen LogP contribution in [0.15, 0.2) is 48.5 Å². The predicted molar refractivity (Wildman–Crippen MR) is 88.9 cm³/mol. The second kappa shape index (κ2) is 7.70. The molecule has 0 saturated carbocycles. The monoisotopic (exact) mass is 284 g/mol. The molecule has 0 fully saturated rings. The summed E-state index contributed by atoms with van der Waals surface area (Å²) in [4.78, 5) is 2.23. The second-order valence-corrected chi connectivity index (χ2v) is 5.08. The van der Waals surface area contributed by atoms with Crippen molar-refractivity contribution < 1.29 is 4.74 Å². The van der Waals surface area contributed by atoms with Crippen LogP contribution >= 0.6 is 0 Å². The molecule has 0 bridgehead atoms. The first-order valence-electron chi connectivity index (χ1n) is 7.38. The zero-order valence-corrected chi connectivity index (χ0v) is 13.1. The van der Waals surface area contributed by atoms with E-state index in [0.717, 1.165) is 31.1 Å². The molecule has 0 heterocycles. The molecule has 0 radical (unpaired) electrons. The smallest absolute Gasteiger partial charge is 0.142 e. The van der Waals surface area contributed by atoms with E-state index in [2.05, 4.69) is 54.5 Å². The minimum absolute atomic E-state index is 0.863. The number of nitrogens with zero attached hydrogens (tertiary/aromatic N) is 1. The van der Waals surface area contributed by atoms with Gasteiger partial charge in [-0.05, 0) is 29.8 Å². The Morgan fingerprint density at radius 1 is 1.00 bits per heavy atom. The highest BCUT2D eigenvalue weighted by molar-refractivity contribution is 5.58. The molecule has 0 aliphatic carbocycles. The van der Waals surface area contributed by atoms with E-state index in [4.69, 9.17) is 4.74 Å². The van der Waals surface area contributed by atoms with Crippen LogP contribution < -0.4 is 15.0 Å². The number of benzene rings is 2. The molecule has 21 heavy (non-hydrogen) atoms. The number of anilines is 1. The average molecular weight is 284 g/mol. The van der Waals surface area contributed by atoms with E-state index in [1.807, 2.05) is 18.2 Å². The number of para-hydroxylation sites is 2. The highest BCUT2D eigenvalue weighted by Gasteiger charge is 2.09. The lowest BCUT2D eigenvalue weighted by atomic mass is 10.1. The minimum Gasteiger partial charge on any atom is -0.495 e. The van der Waals surface area contributed by atoms with Gasteiger partial charge in [0.1, 0.15) is 5.75 Å². The Morgan fingerprint density at radius 3 is 2.38 bits per heavy atom. The van der Waals surface area contributed by atoms with E-state index >= 15 is 0 Å². The fraction of sp³-hybridized carbons (Fsp3) is 0.333. The number of ether oxygens (including phenoxy) is 1. The topological polar surface area (TPSA) is 24.5 Å². The van der Waals surface area contributed by atoms with E-state index in [9.17, 15) is 0 Å². The minimum atomic E-state index is 0.863. The molecular formula is C18H24N2O. The van der Waals surface area contributed by atoms with Crippen LogP contribution in [0.5, 0.6) is 5.75 Å². The van der Waals surface area contributed by atoms with Gasteiger partial charge in [0.2, 0.25) is 0 Å². The lowest BCUT2D eigenvalue weighted by Crippen LogP contribution is -2.20. The van der Waals surface area contributed by atoms with Gasteiger partial charge in [0.25, 0.3) is 0 Å². The van der Waals surface area contributed by atoms with Gasteiger partial charge in [-0.15, -0.1) is 0 Å². The van der Waals surface area contributed by atoms with Gasteiger partial charge in [-0.3, -0.25) is 0 Å². The molecule has 2 aromatic carbocycles. The summed E-state index contributed by atoms with van der Waals surface area (Å²) in [5, 5.41) is 3.40. The molecule has 0 spiro atoms. The Labute approximate surface area is 127 Å². The van der Waals surface area contributed by atoms with Gasteiger partial charge >= 0.3 is 0 Å².